The molecule has 0 saturated carbocycles. The summed E-state index contributed by atoms with van der Waals surface area (Å²) in [5, 5.41) is 2.68. The summed E-state index contributed by atoms with van der Waals surface area (Å²) in [5.74, 6) is -0.714. The Kier molecular flexibility index (Phi) is 6.39. The summed E-state index contributed by atoms with van der Waals surface area (Å²) < 4.78 is 0. The molecule has 2 aliphatic heterocycles. The van der Waals surface area contributed by atoms with Crippen molar-refractivity contribution in [3.05, 3.63) is 29.8 Å². The highest BCUT2D eigenvalue weighted by Crippen LogP contribution is 2.24. The Balaban J connectivity index is 1.65. The van der Waals surface area contributed by atoms with Gasteiger partial charge in [-0.15, -0.1) is 11.8 Å². The minimum Gasteiger partial charge on any atom is -0.342 e. The lowest BCUT2D eigenvalue weighted by atomic mass is 10.2. The molecule has 1 aromatic rings. The van der Waals surface area contributed by atoms with Crippen LogP contribution in [-0.4, -0.2) is 64.4 Å². The van der Waals surface area contributed by atoms with Crippen LogP contribution in [0.15, 0.2) is 29.2 Å². The molecule has 3 rings (SSSR count). The monoisotopic (exact) mass is 403 g/mol. The van der Waals surface area contributed by atoms with Gasteiger partial charge in [0.2, 0.25) is 11.8 Å². The first-order valence-corrected chi connectivity index (χ1v) is 10.5. The number of nitrogens with zero attached hydrogens (tertiary/aromatic N) is 2. The fourth-order valence-corrected chi connectivity index (χ4v) is 4.47. The van der Waals surface area contributed by atoms with E-state index in [1.54, 1.807) is 32.0 Å². The van der Waals surface area contributed by atoms with Crippen LogP contribution in [0, 0.1) is 0 Å². The molecule has 0 radical (unpaired) electrons. The van der Waals surface area contributed by atoms with Crippen LogP contribution in [0.3, 0.4) is 0 Å². The summed E-state index contributed by atoms with van der Waals surface area (Å²) >= 11 is 1.32. The highest BCUT2D eigenvalue weighted by molar-refractivity contribution is 8.00. The number of hydrogen-bond acceptors (Lipinski definition) is 5. The summed E-state index contributed by atoms with van der Waals surface area (Å²) in [4.78, 5) is 53.2. The van der Waals surface area contributed by atoms with Crippen molar-refractivity contribution in [2.45, 2.75) is 50.1 Å². The van der Waals surface area contributed by atoms with Gasteiger partial charge < -0.3 is 10.2 Å². The van der Waals surface area contributed by atoms with Gasteiger partial charge in [-0.1, -0.05) is 12.1 Å². The van der Waals surface area contributed by atoms with Crippen LogP contribution in [0.4, 0.5) is 0 Å². The summed E-state index contributed by atoms with van der Waals surface area (Å²) in [5.41, 5.74) is 0.407. The quantitative estimate of drug-likeness (QED) is 0.577. The van der Waals surface area contributed by atoms with Crippen LogP contribution in [0.2, 0.25) is 0 Å². The topological polar surface area (TPSA) is 86.8 Å². The predicted octanol–water partition coefficient (Wildman–Crippen LogP) is 1.67. The number of hydrogen-bond donors (Lipinski definition) is 1. The molecular formula is C20H25N3O4S. The van der Waals surface area contributed by atoms with E-state index in [2.05, 4.69) is 5.32 Å². The van der Waals surface area contributed by atoms with Gasteiger partial charge in [0.05, 0.1) is 17.7 Å². The van der Waals surface area contributed by atoms with E-state index < -0.39 is 11.9 Å². The van der Waals surface area contributed by atoms with Gasteiger partial charge in [-0.05, 0) is 38.8 Å². The van der Waals surface area contributed by atoms with Crippen molar-refractivity contribution in [1.82, 2.24) is 15.1 Å². The highest BCUT2D eigenvalue weighted by Gasteiger charge is 2.40. The van der Waals surface area contributed by atoms with Crippen molar-refractivity contribution < 1.29 is 19.2 Å². The van der Waals surface area contributed by atoms with Gasteiger partial charge in [-0.25, -0.2) is 0 Å². The smallest absolute Gasteiger partial charge is 0.253 e. The van der Waals surface area contributed by atoms with E-state index in [1.165, 1.54) is 16.7 Å². The maximum atomic E-state index is 12.7. The highest BCUT2D eigenvalue weighted by atomic mass is 32.2. The third-order valence-electron chi connectivity index (χ3n) is 4.95. The van der Waals surface area contributed by atoms with E-state index >= 15 is 0 Å². The fourth-order valence-electron chi connectivity index (χ4n) is 3.52. The van der Waals surface area contributed by atoms with Crippen molar-refractivity contribution in [1.29, 1.82) is 0 Å². The van der Waals surface area contributed by atoms with E-state index in [1.807, 2.05) is 11.0 Å². The van der Waals surface area contributed by atoms with Crippen LogP contribution < -0.4 is 5.32 Å². The maximum absolute atomic E-state index is 12.7. The number of carbonyl (C=O) groups excluding carboxylic acids is 4. The molecule has 4 amide bonds. The SMILES string of the molecule is CC(C)N1C(=O)C[C@H](NC(=O)c2ccccc2SCC(=O)N2CCCC2)C1=O. The van der Waals surface area contributed by atoms with E-state index in [0.717, 1.165) is 25.9 Å². The molecular weight excluding hydrogens is 378 g/mol. The first-order valence-electron chi connectivity index (χ1n) is 9.55. The zero-order chi connectivity index (χ0) is 20.3. The fraction of sp³-hybridized carbons (Fsp3) is 0.500. The third kappa shape index (κ3) is 4.38. The molecule has 8 heteroatoms. The van der Waals surface area contributed by atoms with E-state index in [9.17, 15) is 19.2 Å². The van der Waals surface area contributed by atoms with Crippen LogP contribution >= 0.6 is 11.8 Å². The first kappa shape index (κ1) is 20.4. The number of thioether (sulfide) groups is 1. The number of nitrogens with one attached hydrogen (secondary N) is 1. The Bertz CT molecular complexity index is 789. The molecule has 150 valence electrons. The standard InChI is InChI=1S/C20H25N3O4S/c1-13(2)23-17(24)11-15(20(23)27)21-19(26)14-7-3-4-8-16(14)28-12-18(25)22-9-5-6-10-22/h3-4,7-8,13,15H,5-6,9-12H2,1-2H3,(H,21,26)/t15-/m0/s1. The second-order valence-electron chi connectivity index (χ2n) is 7.30. The zero-order valence-electron chi connectivity index (χ0n) is 16.1. The van der Waals surface area contributed by atoms with Crippen LogP contribution in [0.25, 0.3) is 0 Å². The van der Waals surface area contributed by atoms with Gasteiger partial charge >= 0.3 is 0 Å². The molecule has 7 nitrogen and oxygen atoms in total. The minimum atomic E-state index is -0.841. The second kappa shape index (κ2) is 8.77. The Morgan fingerprint density at radius 3 is 2.50 bits per heavy atom. The second-order valence-corrected chi connectivity index (χ2v) is 8.32. The molecule has 0 bridgehead atoms. The molecule has 28 heavy (non-hydrogen) atoms. The van der Waals surface area contributed by atoms with E-state index in [4.69, 9.17) is 0 Å². The molecule has 0 unspecified atom stereocenters. The van der Waals surface area contributed by atoms with Crippen LogP contribution in [0.5, 0.6) is 0 Å². The normalized spacial score (nSPS) is 19.6. The minimum absolute atomic E-state index is 0.0223. The van der Waals surface area contributed by atoms with Gasteiger partial charge in [-0.3, -0.25) is 24.1 Å². The van der Waals surface area contributed by atoms with Crippen molar-refractivity contribution in [3.63, 3.8) is 0 Å². The van der Waals surface area contributed by atoms with Gasteiger partial charge in [-0.2, -0.15) is 0 Å². The van der Waals surface area contributed by atoms with E-state index in [-0.39, 0.29) is 35.9 Å². The average molecular weight is 404 g/mol. The lowest BCUT2D eigenvalue weighted by Crippen LogP contribution is -2.43. The van der Waals surface area contributed by atoms with Crippen molar-refractivity contribution >= 4 is 35.4 Å². The summed E-state index contributed by atoms with van der Waals surface area (Å²) in [7, 11) is 0. The van der Waals surface area contributed by atoms with Gasteiger partial charge in [0.25, 0.3) is 11.8 Å². The number of imide groups is 1. The van der Waals surface area contributed by atoms with Gasteiger partial charge in [0, 0.05) is 24.0 Å². The molecule has 2 saturated heterocycles. The Morgan fingerprint density at radius 1 is 1.18 bits per heavy atom. The summed E-state index contributed by atoms with van der Waals surface area (Å²) in [6.07, 6.45) is 2.05. The van der Waals surface area contributed by atoms with Gasteiger partial charge in [0.1, 0.15) is 6.04 Å². The number of benzene rings is 1. The lowest BCUT2D eigenvalue weighted by molar-refractivity contribution is -0.140. The first-order chi connectivity index (χ1) is 13.4. The largest absolute Gasteiger partial charge is 0.342 e. The lowest BCUT2D eigenvalue weighted by Gasteiger charge is -2.19. The van der Waals surface area contributed by atoms with Crippen molar-refractivity contribution in [3.8, 4) is 0 Å². The average Bonchev–Trinajstić information content (AvgIpc) is 3.28. The third-order valence-corrected chi connectivity index (χ3v) is 6.00. The van der Waals surface area contributed by atoms with E-state index in [0.29, 0.717) is 10.5 Å². The molecule has 0 aliphatic carbocycles. The molecule has 2 aliphatic rings. The zero-order valence-corrected chi connectivity index (χ0v) is 17.0. The van der Waals surface area contributed by atoms with Crippen molar-refractivity contribution in [2.24, 2.45) is 0 Å². The van der Waals surface area contributed by atoms with Crippen molar-refractivity contribution in [2.75, 3.05) is 18.8 Å². The molecule has 2 fully saturated rings. The van der Waals surface area contributed by atoms with Gasteiger partial charge in [0.15, 0.2) is 0 Å². The summed E-state index contributed by atoms with van der Waals surface area (Å²) in [6, 6.07) is 5.93. The number of likely N-dealkylation sites (tertiary alicyclic amines) is 2. The Morgan fingerprint density at radius 2 is 1.86 bits per heavy atom. The Hall–Kier alpha value is -2.35. The molecule has 1 atom stereocenters. The molecule has 2 heterocycles. The molecule has 1 N–H and O–H groups in total. The van der Waals surface area contributed by atoms with Crippen LogP contribution in [0.1, 0.15) is 43.5 Å². The maximum Gasteiger partial charge on any atom is 0.253 e. The molecule has 0 spiro atoms. The summed E-state index contributed by atoms with van der Waals surface area (Å²) in [6.45, 7) is 5.13. The number of rotatable bonds is 6. The molecule has 0 aromatic heterocycles. The predicted molar refractivity (Wildman–Crippen MR) is 106 cm³/mol. The molecule has 1 aromatic carbocycles. The van der Waals surface area contributed by atoms with Crippen LogP contribution in [-0.2, 0) is 14.4 Å². The number of amides is 4. The number of carbonyl (C=O) groups is 4. The Labute approximate surface area is 168 Å².